The number of ether oxygens (including phenoxy) is 1. The van der Waals surface area contributed by atoms with Crippen molar-refractivity contribution in [2.24, 2.45) is 5.10 Å². The van der Waals surface area contributed by atoms with E-state index in [0.29, 0.717) is 23.8 Å². The predicted molar refractivity (Wildman–Crippen MR) is 111 cm³/mol. The van der Waals surface area contributed by atoms with E-state index in [0.717, 1.165) is 24.0 Å². The standard InChI is InChI=1S/C22H27ClN2O2/c1-2-3-4-5-6-15-22(26)25-24-16-18-11-8-10-14-21(18)27-17-19-12-7-9-13-20(19)23/h7-14,16H,2-6,15,17H2,1H3,(H,25,26). The number of benzene rings is 2. The molecule has 0 heterocycles. The Bertz CT molecular complexity index is 747. The second kappa shape index (κ2) is 12.1. The van der Waals surface area contributed by atoms with Gasteiger partial charge in [0.15, 0.2) is 0 Å². The molecule has 0 spiro atoms. The topological polar surface area (TPSA) is 50.7 Å². The van der Waals surface area contributed by atoms with E-state index in [1.54, 1.807) is 6.21 Å². The van der Waals surface area contributed by atoms with Crippen molar-refractivity contribution in [2.45, 2.75) is 52.1 Å². The summed E-state index contributed by atoms with van der Waals surface area (Å²) in [6.45, 7) is 2.55. The van der Waals surface area contributed by atoms with Crippen LogP contribution in [0.5, 0.6) is 5.75 Å². The largest absolute Gasteiger partial charge is 0.488 e. The molecule has 0 fully saturated rings. The van der Waals surface area contributed by atoms with E-state index in [4.69, 9.17) is 16.3 Å². The van der Waals surface area contributed by atoms with Gasteiger partial charge in [-0.25, -0.2) is 5.43 Å². The highest BCUT2D eigenvalue weighted by atomic mass is 35.5. The normalized spacial score (nSPS) is 10.9. The van der Waals surface area contributed by atoms with E-state index in [1.165, 1.54) is 19.3 Å². The van der Waals surface area contributed by atoms with Crippen LogP contribution >= 0.6 is 11.6 Å². The van der Waals surface area contributed by atoms with Crippen LogP contribution in [0.2, 0.25) is 5.02 Å². The molecule has 2 aromatic carbocycles. The maximum atomic E-state index is 11.8. The van der Waals surface area contributed by atoms with Crippen LogP contribution in [-0.4, -0.2) is 12.1 Å². The van der Waals surface area contributed by atoms with Crippen LogP contribution in [0.15, 0.2) is 53.6 Å². The molecule has 0 aliphatic rings. The summed E-state index contributed by atoms with van der Waals surface area (Å²) in [7, 11) is 0. The Morgan fingerprint density at radius 3 is 2.63 bits per heavy atom. The Kier molecular flexibility index (Phi) is 9.42. The van der Waals surface area contributed by atoms with Crippen LogP contribution < -0.4 is 10.2 Å². The highest BCUT2D eigenvalue weighted by Gasteiger charge is 2.04. The molecule has 0 saturated heterocycles. The molecule has 27 heavy (non-hydrogen) atoms. The molecule has 5 heteroatoms. The summed E-state index contributed by atoms with van der Waals surface area (Å²) >= 11 is 6.16. The van der Waals surface area contributed by atoms with Gasteiger partial charge in [-0.3, -0.25) is 4.79 Å². The first kappa shape index (κ1) is 21.0. The van der Waals surface area contributed by atoms with Crippen LogP contribution in [0.1, 0.15) is 56.6 Å². The minimum atomic E-state index is -0.0581. The Morgan fingerprint density at radius 1 is 1.07 bits per heavy atom. The monoisotopic (exact) mass is 386 g/mol. The summed E-state index contributed by atoms with van der Waals surface area (Å²) in [5.41, 5.74) is 4.30. The third kappa shape index (κ3) is 7.83. The Labute approximate surface area is 166 Å². The first-order valence-electron chi connectivity index (χ1n) is 9.48. The first-order valence-corrected chi connectivity index (χ1v) is 9.85. The van der Waals surface area contributed by atoms with E-state index in [1.807, 2.05) is 48.5 Å². The van der Waals surface area contributed by atoms with Crippen molar-refractivity contribution < 1.29 is 9.53 Å². The lowest BCUT2D eigenvalue weighted by Crippen LogP contribution is -2.17. The second-order valence-electron chi connectivity index (χ2n) is 6.38. The highest BCUT2D eigenvalue weighted by molar-refractivity contribution is 6.31. The molecule has 0 bridgehead atoms. The van der Waals surface area contributed by atoms with E-state index in [9.17, 15) is 4.79 Å². The zero-order valence-electron chi connectivity index (χ0n) is 15.8. The molecule has 0 atom stereocenters. The Balaban J connectivity index is 1.83. The number of hydrazone groups is 1. The SMILES string of the molecule is CCCCCCCC(=O)NN=Cc1ccccc1OCc1ccccc1Cl. The quantitative estimate of drug-likeness (QED) is 0.304. The lowest BCUT2D eigenvalue weighted by Gasteiger charge is -2.10. The fraction of sp³-hybridized carbons (Fsp3) is 0.364. The third-order valence-corrected chi connectivity index (χ3v) is 4.53. The first-order chi connectivity index (χ1) is 13.2. The van der Waals surface area contributed by atoms with Gasteiger partial charge >= 0.3 is 0 Å². The smallest absolute Gasteiger partial charge is 0.240 e. The number of amides is 1. The number of nitrogens with zero attached hydrogens (tertiary/aromatic N) is 1. The zero-order chi connectivity index (χ0) is 19.3. The molecule has 0 saturated carbocycles. The summed E-state index contributed by atoms with van der Waals surface area (Å²) < 4.78 is 5.88. The van der Waals surface area contributed by atoms with Crippen molar-refractivity contribution in [1.29, 1.82) is 0 Å². The average molecular weight is 387 g/mol. The third-order valence-electron chi connectivity index (χ3n) is 4.16. The van der Waals surface area contributed by atoms with Gasteiger partial charge in [0.1, 0.15) is 12.4 Å². The van der Waals surface area contributed by atoms with Crippen molar-refractivity contribution >= 4 is 23.7 Å². The Hall–Kier alpha value is -2.33. The zero-order valence-corrected chi connectivity index (χ0v) is 16.5. The number of halogens is 1. The molecule has 4 nitrogen and oxygen atoms in total. The van der Waals surface area contributed by atoms with E-state index < -0.39 is 0 Å². The lowest BCUT2D eigenvalue weighted by molar-refractivity contribution is -0.121. The number of hydrogen-bond acceptors (Lipinski definition) is 3. The number of carbonyl (C=O) groups is 1. The fourth-order valence-electron chi connectivity index (χ4n) is 2.61. The molecular formula is C22H27ClN2O2. The number of nitrogens with one attached hydrogen (secondary N) is 1. The molecule has 2 rings (SSSR count). The van der Waals surface area contributed by atoms with Gasteiger partial charge in [0.2, 0.25) is 5.91 Å². The maximum Gasteiger partial charge on any atom is 0.240 e. The minimum Gasteiger partial charge on any atom is -0.488 e. The summed E-state index contributed by atoms with van der Waals surface area (Å²) in [6.07, 6.45) is 7.72. The molecular weight excluding hydrogens is 360 g/mol. The molecule has 2 aromatic rings. The van der Waals surface area contributed by atoms with Crippen molar-refractivity contribution in [2.75, 3.05) is 0 Å². The number of para-hydroxylation sites is 1. The van der Waals surface area contributed by atoms with Crippen LogP contribution in [0.25, 0.3) is 0 Å². The fourth-order valence-corrected chi connectivity index (χ4v) is 2.80. The van der Waals surface area contributed by atoms with Gasteiger partial charge in [-0.1, -0.05) is 74.5 Å². The Morgan fingerprint density at radius 2 is 1.81 bits per heavy atom. The minimum absolute atomic E-state index is 0.0581. The summed E-state index contributed by atoms with van der Waals surface area (Å²) in [4.78, 5) is 11.8. The van der Waals surface area contributed by atoms with Gasteiger partial charge in [0.05, 0.1) is 6.21 Å². The summed E-state index contributed by atoms with van der Waals surface area (Å²) in [6, 6.07) is 15.1. The number of hydrogen-bond donors (Lipinski definition) is 1. The van der Waals surface area contributed by atoms with Crippen molar-refractivity contribution in [1.82, 2.24) is 5.43 Å². The van der Waals surface area contributed by atoms with Gasteiger partial charge in [-0.15, -0.1) is 0 Å². The summed E-state index contributed by atoms with van der Waals surface area (Å²) in [5.74, 6) is 0.632. The van der Waals surface area contributed by atoms with E-state index >= 15 is 0 Å². The molecule has 1 amide bonds. The van der Waals surface area contributed by atoms with Crippen molar-refractivity contribution in [3.63, 3.8) is 0 Å². The molecule has 1 N–H and O–H groups in total. The van der Waals surface area contributed by atoms with Crippen LogP contribution in [0, 0.1) is 0 Å². The van der Waals surface area contributed by atoms with E-state index in [2.05, 4.69) is 17.5 Å². The predicted octanol–water partition coefficient (Wildman–Crippen LogP) is 5.73. The van der Waals surface area contributed by atoms with Gasteiger partial charge < -0.3 is 4.74 Å². The number of rotatable bonds is 11. The second-order valence-corrected chi connectivity index (χ2v) is 6.78. The van der Waals surface area contributed by atoms with Gasteiger partial charge in [-0.05, 0) is 24.6 Å². The van der Waals surface area contributed by atoms with Gasteiger partial charge in [-0.2, -0.15) is 5.10 Å². The van der Waals surface area contributed by atoms with Gasteiger partial charge in [0, 0.05) is 22.6 Å². The molecule has 0 unspecified atom stereocenters. The molecule has 0 radical (unpaired) electrons. The molecule has 144 valence electrons. The number of unbranched alkanes of at least 4 members (excludes halogenated alkanes) is 4. The van der Waals surface area contributed by atoms with Crippen LogP contribution in [0.4, 0.5) is 0 Å². The lowest BCUT2D eigenvalue weighted by atomic mass is 10.1. The highest BCUT2D eigenvalue weighted by Crippen LogP contribution is 2.20. The average Bonchev–Trinajstić information content (AvgIpc) is 2.68. The number of carbonyl (C=O) groups excluding carboxylic acids is 1. The van der Waals surface area contributed by atoms with Gasteiger partial charge in [0.25, 0.3) is 0 Å². The summed E-state index contributed by atoms with van der Waals surface area (Å²) in [5, 5.41) is 4.73. The van der Waals surface area contributed by atoms with E-state index in [-0.39, 0.29) is 5.91 Å². The molecule has 0 aromatic heterocycles. The van der Waals surface area contributed by atoms with Crippen LogP contribution in [-0.2, 0) is 11.4 Å². The maximum absolute atomic E-state index is 11.8. The molecule has 0 aliphatic heterocycles. The van der Waals surface area contributed by atoms with Crippen molar-refractivity contribution in [3.05, 3.63) is 64.7 Å². The molecule has 0 aliphatic carbocycles. The van der Waals surface area contributed by atoms with Crippen molar-refractivity contribution in [3.8, 4) is 5.75 Å². The van der Waals surface area contributed by atoms with Crippen LogP contribution in [0.3, 0.4) is 0 Å².